The Morgan fingerprint density at radius 1 is 0.821 bits per heavy atom. The zero-order chi connectivity index (χ0) is 26.8. The molecule has 1 N–H and O–H groups in total. The molecule has 6 nitrogen and oxygen atoms in total. The molecule has 8 heteroatoms. The summed E-state index contributed by atoms with van der Waals surface area (Å²) in [5.74, 6) is 1.88. The highest BCUT2D eigenvalue weighted by Gasteiger charge is 2.42. The van der Waals surface area contributed by atoms with Crippen LogP contribution in [-0.4, -0.2) is 21.8 Å². The topological polar surface area (TPSA) is 51.6 Å². The predicted molar refractivity (Wildman–Crippen MR) is 153 cm³/mol. The first kappa shape index (κ1) is 24.6. The van der Waals surface area contributed by atoms with Crippen molar-refractivity contribution >= 4 is 23.0 Å². The van der Waals surface area contributed by atoms with E-state index >= 15 is 0 Å². The van der Waals surface area contributed by atoms with Crippen LogP contribution in [0, 0.1) is 5.82 Å². The molecule has 0 unspecified atom stereocenters. The molecule has 1 aliphatic rings. The van der Waals surface area contributed by atoms with Crippen molar-refractivity contribution < 1.29 is 13.9 Å². The van der Waals surface area contributed by atoms with Gasteiger partial charge in [0, 0.05) is 29.5 Å². The van der Waals surface area contributed by atoms with Crippen molar-refractivity contribution in [2.45, 2.75) is 12.1 Å². The lowest BCUT2D eigenvalue weighted by atomic mass is 10.0. The van der Waals surface area contributed by atoms with Gasteiger partial charge in [0.05, 0.1) is 18.8 Å². The van der Waals surface area contributed by atoms with E-state index in [9.17, 15) is 4.39 Å². The lowest BCUT2D eigenvalue weighted by Gasteiger charge is -2.29. The van der Waals surface area contributed by atoms with E-state index in [1.165, 1.54) is 12.1 Å². The Kier molecular flexibility index (Phi) is 6.69. The molecule has 0 spiro atoms. The van der Waals surface area contributed by atoms with Gasteiger partial charge in [-0.3, -0.25) is 4.98 Å². The first-order chi connectivity index (χ1) is 19.1. The minimum atomic E-state index is -0.294. The van der Waals surface area contributed by atoms with Crippen LogP contribution in [0.2, 0.25) is 0 Å². The van der Waals surface area contributed by atoms with Gasteiger partial charge in [0.15, 0.2) is 5.11 Å². The maximum Gasteiger partial charge on any atom is 0.174 e. The SMILES string of the molecule is COc1ccc(Oc2ccc(N3C(=S)N[C@@H](c4ccccn4)[C@@H]3c3cccn3-c3cccc(F)c3)cc2)cc1. The average molecular weight is 537 g/mol. The average Bonchev–Trinajstić information content (AvgIpc) is 3.59. The smallest absolute Gasteiger partial charge is 0.174 e. The molecule has 0 amide bonds. The van der Waals surface area contributed by atoms with Crippen LogP contribution in [-0.2, 0) is 0 Å². The molecule has 0 aliphatic carbocycles. The van der Waals surface area contributed by atoms with Gasteiger partial charge in [0.1, 0.15) is 29.1 Å². The van der Waals surface area contributed by atoms with E-state index in [4.69, 9.17) is 21.7 Å². The maximum atomic E-state index is 14.2. The molecule has 2 aromatic heterocycles. The normalized spacial score (nSPS) is 16.7. The van der Waals surface area contributed by atoms with Crippen molar-refractivity contribution in [1.29, 1.82) is 0 Å². The molecular weight excluding hydrogens is 511 g/mol. The third kappa shape index (κ3) is 4.94. The number of halogens is 1. The van der Waals surface area contributed by atoms with Crippen LogP contribution in [0.15, 0.2) is 116 Å². The van der Waals surface area contributed by atoms with Crippen LogP contribution >= 0.6 is 12.2 Å². The lowest BCUT2D eigenvalue weighted by molar-refractivity contribution is 0.413. The first-order valence-corrected chi connectivity index (χ1v) is 12.9. The van der Waals surface area contributed by atoms with Crippen LogP contribution < -0.4 is 19.7 Å². The van der Waals surface area contributed by atoms with Crippen molar-refractivity contribution in [3.63, 3.8) is 0 Å². The van der Waals surface area contributed by atoms with Crippen LogP contribution in [0.4, 0.5) is 10.1 Å². The minimum Gasteiger partial charge on any atom is -0.497 e. The Hall–Kier alpha value is -4.69. The number of hydrogen-bond donors (Lipinski definition) is 1. The second-order valence-corrected chi connectivity index (χ2v) is 9.44. The monoisotopic (exact) mass is 536 g/mol. The molecule has 1 saturated heterocycles. The number of benzene rings is 3. The highest BCUT2D eigenvalue weighted by atomic mass is 32.1. The summed E-state index contributed by atoms with van der Waals surface area (Å²) in [6.07, 6.45) is 3.71. The molecule has 0 bridgehead atoms. The van der Waals surface area contributed by atoms with Gasteiger partial charge in [-0.05, 0) is 103 Å². The molecule has 0 radical (unpaired) electrons. The van der Waals surface area contributed by atoms with Gasteiger partial charge in [0.25, 0.3) is 0 Å². The van der Waals surface area contributed by atoms with Crippen molar-refractivity contribution in [1.82, 2.24) is 14.9 Å². The molecule has 194 valence electrons. The molecule has 6 rings (SSSR count). The lowest BCUT2D eigenvalue weighted by Crippen LogP contribution is -2.30. The molecule has 2 atom stereocenters. The summed E-state index contributed by atoms with van der Waals surface area (Å²) in [5, 5.41) is 4.05. The number of nitrogens with one attached hydrogen (secondary N) is 1. The number of pyridine rings is 1. The van der Waals surface area contributed by atoms with E-state index in [1.54, 1.807) is 19.4 Å². The Balaban J connectivity index is 1.37. The number of thiocarbonyl (C=S) groups is 1. The predicted octanol–water partition coefficient (Wildman–Crippen LogP) is 6.99. The van der Waals surface area contributed by atoms with Crippen molar-refractivity contribution in [2.75, 3.05) is 12.0 Å². The molecule has 3 heterocycles. The number of nitrogens with zero attached hydrogens (tertiary/aromatic N) is 3. The zero-order valence-corrected chi connectivity index (χ0v) is 21.9. The number of hydrogen-bond acceptors (Lipinski definition) is 4. The number of aromatic nitrogens is 2. The number of anilines is 1. The fourth-order valence-electron chi connectivity index (χ4n) is 4.88. The second kappa shape index (κ2) is 10.6. The molecular formula is C31H25FN4O2S. The number of methoxy groups -OCH3 is 1. The standard InChI is InChI=1S/C31H25FN4O2S/c1-37-24-14-16-26(17-15-24)38-25-12-10-22(11-13-25)36-30(29(34-31(36)39)27-8-2-3-18-33-27)28-9-5-19-35(28)23-7-4-6-21(32)20-23/h2-20,29-30H,1H3,(H,34,39)/t29-,30-/m0/s1. The summed E-state index contributed by atoms with van der Waals surface area (Å²) in [6.45, 7) is 0. The van der Waals surface area contributed by atoms with E-state index in [-0.39, 0.29) is 17.9 Å². The summed E-state index contributed by atoms with van der Waals surface area (Å²) in [4.78, 5) is 6.71. The summed E-state index contributed by atoms with van der Waals surface area (Å²) < 4.78 is 27.4. The second-order valence-electron chi connectivity index (χ2n) is 9.05. The van der Waals surface area contributed by atoms with E-state index in [0.29, 0.717) is 16.6 Å². The van der Waals surface area contributed by atoms with Gasteiger partial charge < -0.3 is 24.3 Å². The van der Waals surface area contributed by atoms with E-state index in [2.05, 4.69) is 15.2 Å². The van der Waals surface area contributed by atoms with Gasteiger partial charge in [0.2, 0.25) is 0 Å². The van der Waals surface area contributed by atoms with Gasteiger partial charge >= 0.3 is 0 Å². The number of rotatable bonds is 7. The fourth-order valence-corrected chi connectivity index (χ4v) is 5.23. The molecule has 5 aromatic rings. The largest absolute Gasteiger partial charge is 0.497 e. The molecule has 3 aromatic carbocycles. The van der Waals surface area contributed by atoms with Gasteiger partial charge in [-0.25, -0.2) is 4.39 Å². The van der Waals surface area contributed by atoms with Crippen LogP contribution in [0.1, 0.15) is 23.5 Å². The summed E-state index contributed by atoms with van der Waals surface area (Å²) >= 11 is 5.87. The summed E-state index contributed by atoms with van der Waals surface area (Å²) in [6, 6.07) is 31.1. The van der Waals surface area contributed by atoms with Crippen molar-refractivity contribution in [2.24, 2.45) is 0 Å². The Morgan fingerprint density at radius 3 is 2.26 bits per heavy atom. The third-order valence-corrected chi connectivity index (χ3v) is 6.99. The summed E-state index contributed by atoms with van der Waals surface area (Å²) in [7, 11) is 1.63. The van der Waals surface area contributed by atoms with E-state index < -0.39 is 0 Å². The Bertz CT molecular complexity index is 1590. The zero-order valence-electron chi connectivity index (χ0n) is 21.1. The van der Waals surface area contributed by atoms with Crippen molar-refractivity contribution in [3.8, 4) is 22.9 Å². The third-order valence-electron chi connectivity index (χ3n) is 6.68. The van der Waals surface area contributed by atoms with Gasteiger partial charge in [-0.1, -0.05) is 12.1 Å². The first-order valence-electron chi connectivity index (χ1n) is 12.5. The minimum absolute atomic E-state index is 0.226. The van der Waals surface area contributed by atoms with Crippen molar-refractivity contribution in [3.05, 3.63) is 133 Å². The quantitative estimate of drug-likeness (QED) is 0.226. The van der Waals surface area contributed by atoms with Crippen LogP contribution in [0.5, 0.6) is 17.2 Å². The van der Waals surface area contributed by atoms with Gasteiger partial charge in [-0.2, -0.15) is 0 Å². The molecule has 1 aliphatic heterocycles. The van der Waals surface area contributed by atoms with Crippen LogP contribution in [0.25, 0.3) is 5.69 Å². The van der Waals surface area contributed by atoms with Crippen LogP contribution in [0.3, 0.4) is 0 Å². The van der Waals surface area contributed by atoms with E-state index in [1.807, 2.05) is 95.7 Å². The Labute approximate surface area is 231 Å². The fraction of sp³-hybridized carbons (Fsp3) is 0.0968. The Morgan fingerprint density at radius 2 is 1.56 bits per heavy atom. The molecule has 0 saturated carbocycles. The van der Waals surface area contributed by atoms with E-state index in [0.717, 1.165) is 28.5 Å². The summed E-state index contributed by atoms with van der Waals surface area (Å²) in [5.41, 5.74) is 3.43. The molecule has 39 heavy (non-hydrogen) atoms. The maximum absolute atomic E-state index is 14.2. The highest BCUT2D eigenvalue weighted by molar-refractivity contribution is 7.80. The molecule has 1 fully saturated rings. The number of ether oxygens (including phenoxy) is 2. The van der Waals surface area contributed by atoms with Gasteiger partial charge in [-0.15, -0.1) is 0 Å². The highest BCUT2D eigenvalue weighted by Crippen LogP contribution is 2.42.